The number of aliphatic hydroxyl groups is 1. The smallest absolute Gasteiger partial charge is 0.308 e. The van der Waals surface area contributed by atoms with Crippen molar-refractivity contribution in [3.8, 4) is 0 Å². The van der Waals surface area contributed by atoms with Gasteiger partial charge >= 0.3 is 5.97 Å². The molecule has 2 saturated carbocycles. The van der Waals surface area contributed by atoms with Crippen LogP contribution >= 0.6 is 0 Å². The molecular weight excluding hydrogens is 218 g/mol. The number of rotatable bonds is 5. The van der Waals surface area contributed by atoms with Gasteiger partial charge < -0.3 is 15.5 Å². The fraction of sp³-hybridized carbons (Fsp3) is 0.923. The Morgan fingerprint density at radius 3 is 2.65 bits per heavy atom. The average molecular weight is 241 g/mol. The second-order valence-electron chi connectivity index (χ2n) is 5.95. The molecule has 4 heteroatoms. The van der Waals surface area contributed by atoms with Gasteiger partial charge in [0.1, 0.15) is 0 Å². The van der Waals surface area contributed by atoms with E-state index in [0.29, 0.717) is 24.8 Å². The first-order valence-electron chi connectivity index (χ1n) is 6.63. The minimum atomic E-state index is -0.731. The minimum absolute atomic E-state index is 0.0595. The lowest BCUT2D eigenvalue weighted by atomic mass is 9.84. The lowest BCUT2D eigenvalue weighted by Crippen LogP contribution is -2.49. The molecule has 2 rings (SSSR count). The summed E-state index contributed by atoms with van der Waals surface area (Å²) < 4.78 is 0. The molecule has 0 amide bonds. The highest BCUT2D eigenvalue weighted by Gasteiger charge is 2.50. The molecule has 0 radical (unpaired) electrons. The zero-order valence-corrected chi connectivity index (χ0v) is 10.6. The number of carboxylic acids is 1. The molecule has 5 unspecified atom stereocenters. The zero-order valence-electron chi connectivity index (χ0n) is 10.6. The summed E-state index contributed by atoms with van der Waals surface area (Å²) in [5.74, 6) is -0.0809. The van der Waals surface area contributed by atoms with Crippen LogP contribution in [0.25, 0.3) is 0 Å². The van der Waals surface area contributed by atoms with Crippen molar-refractivity contribution in [1.29, 1.82) is 0 Å². The molecule has 2 aliphatic rings. The van der Waals surface area contributed by atoms with Crippen molar-refractivity contribution in [2.75, 3.05) is 6.54 Å². The van der Waals surface area contributed by atoms with Gasteiger partial charge in [-0.05, 0) is 44.4 Å². The molecule has 0 aliphatic heterocycles. The summed E-state index contributed by atoms with van der Waals surface area (Å²) in [5, 5.41) is 22.6. The van der Waals surface area contributed by atoms with Crippen molar-refractivity contribution in [1.82, 2.24) is 5.32 Å². The Morgan fingerprint density at radius 1 is 1.41 bits per heavy atom. The Balaban J connectivity index is 1.97. The van der Waals surface area contributed by atoms with Gasteiger partial charge in [-0.2, -0.15) is 0 Å². The van der Waals surface area contributed by atoms with Crippen molar-refractivity contribution in [3.63, 3.8) is 0 Å². The highest BCUT2D eigenvalue weighted by atomic mass is 16.4. The predicted octanol–water partition coefficient (Wildman–Crippen LogP) is 1.24. The van der Waals surface area contributed by atoms with Gasteiger partial charge in [0.2, 0.25) is 0 Å². The Hall–Kier alpha value is -0.610. The third kappa shape index (κ3) is 2.47. The predicted molar refractivity (Wildman–Crippen MR) is 64.7 cm³/mol. The Bertz CT molecular complexity index is 303. The van der Waals surface area contributed by atoms with Crippen LogP contribution in [0.4, 0.5) is 0 Å². The number of aliphatic carboxylic acids is 1. The molecule has 2 aliphatic carbocycles. The van der Waals surface area contributed by atoms with E-state index in [0.717, 1.165) is 19.3 Å². The van der Waals surface area contributed by atoms with Crippen LogP contribution in [0.5, 0.6) is 0 Å². The molecule has 0 spiro atoms. The van der Waals surface area contributed by atoms with E-state index in [2.05, 4.69) is 5.32 Å². The molecule has 5 atom stereocenters. The summed E-state index contributed by atoms with van der Waals surface area (Å²) in [7, 11) is 0. The summed E-state index contributed by atoms with van der Waals surface area (Å²) in [6.45, 7) is 4.22. The molecule has 0 aromatic heterocycles. The normalized spacial score (nSPS) is 39.2. The molecule has 3 N–H and O–H groups in total. The SMILES string of the molecule is CCC(C)(O)CNC1C2CCC(C2)C1C(=O)O. The Kier molecular flexibility index (Phi) is 3.46. The van der Waals surface area contributed by atoms with Gasteiger partial charge in [0.05, 0.1) is 11.5 Å². The van der Waals surface area contributed by atoms with E-state index >= 15 is 0 Å². The van der Waals surface area contributed by atoms with Crippen LogP contribution in [-0.4, -0.2) is 34.4 Å². The van der Waals surface area contributed by atoms with E-state index in [1.54, 1.807) is 6.92 Å². The first-order chi connectivity index (χ1) is 7.94. The monoisotopic (exact) mass is 241 g/mol. The van der Waals surface area contributed by atoms with Crippen molar-refractivity contribution < 1.29 is 15.0 Å². The van der Waals surface area contributed by atoms with Crippen molar-refractivity contribution in [3.05, 3.63) is 0 Å². The van der Waals surface area contributed by atoms with E-state index in [-0.39, 0.29) is 12.0 Å². The quantitative estimate of drug-likeness (QED) is 0.677. The second kappa shape index (κ2) is 4.58. The summed E-state index contributed by atoms with van der Waals surface area (Å²) in [6.07, 6.45) is 3.92. The lowest BCUT2D eigenvalue weighted by Gasteiger charge is -2.32. The first-order valence-corrected chi connectivity index (χ1v) is 6.63. The molecular formula is C13H23NO3. The van der Waals surface area contributed by atoms with Crippen LogP contribution in [0, 0.1) is 17.8 Å². The molecule has 0 aromatic rings. The van der Waals surface area contributed by atoms with Gasteiger partial charge in [-0.1, -0.05) is 6.92 Å². The van der Waals surface area contributed by atoms with E-state index < -0.39 is 11.6 Å². The van der Waals surface area contributed by atoms with Gasteiger partial charge in [0.25, 0.3) is 0 Å². The molecule has 0 aromatic carbocycles. The van der Waals surface area contributed by atoms with Gasteiger partial charge in [0, 0.05) is 12.6 Å². The summed E-state index contributed by atoms with van der Waals surface area (Å²) in [4.78, 5) is 11.3. The van der Waals surface area contributed by atoms with Gasteiger partial charge in [-0.3, -0.25) is 4.79 Å². The third-order valence-corrected chi connectivity index (χ3v) is 4.68. The molecule has 2 fully saturated rings. The van der Waals surface area contributed by atoms with Crippen LogP contribution in [-0.2, 0) is 4.79 Å². The van der Waals surface area contributed by atoms with E-state index in [4.69, 9.17) is 0 Å². The number of nitrogens with one attached hydrogen (secondary N) is 1. The van der Waals surface area contributed by atoms with E-state index in [1.165, 1.54) is 0 Å². The summed E-state index contributed by atoms with van der Waals surface area (Å²) >= 11 is 0. The number of carbonyl (C=O) groups is 1. The fourth-order valence-electron chi connectivity index (χ4n) is 3.40. The number of carboxylic acid groups (broad SMARTS) is 1. The molecule has 98 valence electrons. The largest absolute Gasteiger partial charge is 0.481 e. The fourth-order valence-corrected chi connectivity index (χ4v) is 3.40. The van der Waals surface area contributed by atoms with Crippen LogP contribution in [0.2, 0.25) is 0 Å². The molecule has 4 nitrogen and oxygen atoms in total. The molecule has 0 saturated heterocycles. The minimum Gasteiger partial charge on any atom is -0.481 e. The maximum absolute atomic E-state index is 11.3. The lowest BCUT2D eigenvalue weighted by molar-refractivity contribution is -0.144. The third-order valence-electron chi connectivity index (χ3n) is 4.68. The molecule has 0 heterocycles. The maximum atomic E-state index is 11.3. The zero-order chi connectivity index (χ0) is 12.6. The Labute approximate surface area is 102 Å². The topological polar surface area (TPSA) is 69.6 Å². The van der Waals surface area contributed by atoms with Crippen LogP contribution in [0.3, 0.4) is 0 Å². The van der Waals surface area contributed by atoms with E-state index in [9.17, 15) is 15.0 Å². The summed E-state index contributed by atoms with van der Waals surface area (Å²) in [5.41, 5.74) is -0.731. The number of hydrogen-bond donors (Lipinski definition) is 3. The maximum Gasteiger partial charge on any atom is 0.308 e. The van der Waals surface area contributed by atoms with Crippen molar-refractivity contribution >= 4 is 5.97 Å². The number of fused-ring (bicyclic) bond motifs is 2. The molecule has 17 heavy (non-hydrogen) atoms. The van der Waals surface area contributed by atoms with Gasteiger partial charge in [0.15, 0.2) is 0 Å². The highest BCUT2D eigenvalue weighted by molar-refractivity contribution is 5.72. The number of hydrogen-bond acceptors (Lipinski definition) is 3. The van der Waals surface area contributed by atoms with Crippen LogP contribution < -0.4 is 5.32 Å². The van der Waals surface area contributed by atoms with Gasteiger partial charge in [-0.25, -0.2) is 0 Å². The van der Waals surface area contributed by atoms with Crippen molar-refractivity contribution in [2.45, 2.75) is 51.2 Å². The van der Waals surface area contributed by atoms with Crippen LogP contribution in [0.1, 0.15) is 39.5 Å². The molecule has 2 bridgehead atoms. The highest BCUT2D eigenvalue weighted by Crippen LogP contribution is 2.48. The average Bonchev–Trinajstić information content (AvgIpc) is 2.85. The standard InChI is InChI=1S/C13H23NO3/c1-3-13(2,17)7-14-11-9-5-4-8(6-9)10(11)12(15)16/h8-11,14,17H,3-7H2,1-2H3,(H,15,16). The van der Waals surface area contributed by atoms with Crippen molar-refractivity contribution in [2.24, 2.45) is 17.8 Å². The van der Waals surface area contributed by atoms with E-state index in [1.807, 2.05) is 6.92 Å². The first kappa shape index (κ1) is 12.8. The Morgan fingerprint density at radius 2 is 2.06 bits per heavy atom. The van der Waals surface area contributed by atoms with Gasteiger partial charge in [-0.15, -0.1) is 0 Å². The summed E-state index contributed by atoms with van der Waals surface area (Å²) in [6, 6.07) is 0.0595. The van der Waals surface area contributed by atoms with Crippen LogP contribution in [0.15, 0.2) is 0 Å². The second-order valence-corrected chi connectivity index (χ2v) is 5.95.